The molecular formula is C15H26N4. The SMILES string of the molecule is CCNCc1ccc(N2CCC(C(C)(C)C)C2)nn1. The molecular weight excluding hydrogens is 236 g/mol. The van der Waals surface area contributed by atoms with E-state index in [9.17, 15) is 0 Å². The fourth-order valence-electron chi connectivity index (χ4n) is 2.54. The highest BCUT2D eigenvalue weighted by molar-refractivity contribution is 5.38. The third-order valence-electron chi connectivity index (χ3n) is 4.00. The van der Waals surface area contributed by atoms with Crippen molar-refractivity contribution in [1.82, 2.24) is 15.5 Å². The largest absolute Gasteiger partial charge is 0.355 e. The van der Waals surface area contributed by atoms with Gasteiger partial charge in [0.1, 0.15) is 0 Å². The number of nitrogens with zero attached hydrogens (tertiary/aromatic N) is 3. The maximum Gasteiger partial charge on any atom is 0.151 e. The molecule has 2 rings (SSSR count). The average molecular weight is 262 g/mol. The first-order chi connectivity index (χ1) is 9.00. The van der Waals surface area contributed by atoms with E-state index in [4.69, 9.17) is 0 Å². The maximum atomic E-state index is 4.37. The second-order valence-corrected chi connectivity index (χ2v) is 6.46. The van der Waals surface area contributed by atoms with Crippen molar-refractivity contribution < 1.29 is 0 Å². The molecule has 106 valence electrons. The Kier molecular flexibility index (Phi) is 4.40. The molecule has 0 bridgehead atoms. The molecule has 4 nitrogen and oxygen atoms in total. The summed E-state index contributed by atoms with van der Waals surface area (Å²) < 4.78 is 0. The van der Waals surface area contributed by atoms with Crippen LogP contribution < -0.4 is 10.2 Å². The zero-order valence-corrected chi connectivity index (χ0v) is 12.6. The van der Waals surface area contributed by atoms with Crippen molar-refractivity contribution >= 4 is 5.82 Å². The standard InChI is InChI=1S/C15H26N4/c1-5-16-10-13-6-7-14(18-17-13)19-9-8-12(11-19)15(2,3)4/h6-7,12,16H,5,8-11H2,1-4H3. The summed E-state index contributed by atoms with van der Waals surface area (Å²) in [5.41, 5.74) is 1.39. The Bertz CT molecular complexity index is 394. The fourth-order valence-corrected chi connectivity index (χ4v) is 2.54. The molecule has 0 saturated carbocycles. The number of anilines is 1. The molecule has 4 heteroatoms. The number of nitrogens with one attached hydrogen (secondary N) is 1. The van der Waals surface area contributed by atoms with Crippen LogP contribution in [0, 0.1) is 11.3 Å². The molecule has 1 aromatic heterocycles. The van der Waals surface area contributed by atoms with Gasteiger partial charge in [-0.2, -0.15) is 5.10 Å². The second kappa shape index (κ2) is 5.87. The minimum Gasteiger partial charge on any atom is -0.355 e. The summed E-state index contributed by atoms with van der Waals surface area (Å²) >= 11 is 0. The van der Waals surface area contributed by atoms with E-state index in [1.165, 1.54) is 6.42 Å². The summed E-state index contributed by atoms with van der Waals surface area (Å²) in [6.07, 6.45) is 1.25. The van der Waals surface area contributed by atoms with Crippen molar-refractivity contribution in [3.63, 3.8) is 0 Å². The minimum absolute atomic E-state index is 0.382. The van der Waals surface area contributed by atoms with Crippen LogP contribution in [-0.2, 0) is 6.54 Å². The molecule has 1 aliphatic heterocycles. The highest BCUT2D eigenvalue weighted by Gasteiger charge is 2.32. The van der Waals surface area contributed by atoms with Crippen LogP contribution in [0.15, 0.2) is 12.1 Å². The third-order valence-corrected chi connectivity index (χ3v) is 4.00. The Morgan fingerprint density at radius 1 is 1.32 bits per heavy atom. The van der Waals surface area contributed by atoms with Crippen LogP contribution in [0.25, 0.3) is 0 Å². The van der Waals surface area contributed by atoms with Crippen molar-refractivity contribution in [2.45, 2.75) is 40.7 Å². The topological polar surface area (TPSA) is 41.0 Å². The third kappa shape index (κ3) is 3.66. The van der Waals surface area contributed by atoms with E-state index in [-0.39, 0.29) is 0 Å². The summed E-state index contributed by atoms with van der Waals surface area (Å²) in [6, 6.07) is 4.18. The maximum absolute atomic E-state index is 4.37. The Balaban J connectivity index is 1.96. The van der Waals surface area contributed by atoms with E-state index in [0.717, 1.165) is 43.6 Å². The molecule has 1 N–H and O–H groups in total. The zero-order valence-electron chi connectivity index (χ0n) is 12.6. The molecule has 1 aliphatic rings. The lowest BCUT2D eigenvalue weighted by molar-refractivity contribution is 0.263. The predicted octanol–water partition coefficient (Wildman–Crippen LogP) is 2.46. The molecule has 1 atom stereocenters. The molecule has 0 aromatic carbocycles. The first-order valence-electron chi connectivity index (χ1n) is 7.29. The van der Waals surface area contributed by atoms with Gasteiger partial charge in [0.25, 0.3) is 0 Å². The van der Waals surface area contributed by atoms with Gasteiger partial charge < -0.3 is 10.2 Å². The Hall–Kier alpha value is -1.16. The van der Waals surface area contributed by atoms with E-state index in [2.05, 4.69) is 60.2 Å². The van der Waals surface area contributed by atoms with Crippen LogP contribution in [-0.4, -0.2) is 29.8 Å². The molecule has 0 aliphatic carbocycles. The van der Waals surface area contributed by atoms with Gasteiger partial charge in [-0.1, -0.05) is 27.7 Å². The van der Waals surface area contributed by atoms with Gasteiger partial charge >= 0.3 is 0 Å². The summed E-state index contributed by atoms with van der Waals surface area (Å²) in [5.74, 6) is 1.77. The number of rotatable bonds is 4. The minimum atomic E-state index is 0.382. The van der Waals surface area contributed by atoms with Crippen molar-refractivity contribution in [3.05, 3.63) is 17.8 Å². The van der Waals surface area contributed by atoms with E-state index in [1.807, 2.05) is 0 Å². The van der Waals surface area contributed by atoms with E-state index < -0.39 is 0 Å². The van der Waals surface area contributed by atoms with Crippen molar-refractivity contribution in [2.75, 3.05) is 24.5 Å². The lowest BCUT2D eigenvalue weighted by atomic mass is 9.80. The highest BCUT2D eigenvalue weighted by atomic mass is 15.3. The molecule has 1 aromatic rings. The molecule has 0 radical (unpaired) electrons. The van der Waals surface area contributed by atoms with Crippen molar-refractivity contribution in [1.29, 1.82) is 0 Å². The smallest absolute Gasteiger partial charge is 0.151 e. The second-order valence-electron chi connectivity index (χ2n) is 6.46. The zero-order chi connectivity index (χ0) is 13.9. The van der Waals surface area contributed by atoms with Gasteiger partial charge in [-0.05, 0) is 36.4 Å². The van der Waals surface area contributed by atoms with E-state index >= 15 is 0 Å². The molecule has 2 heterocycles. The quantitative estimate of drug-likeness (QED) is 0.905. The van der Waals surface area contributed by atoms with Gasteiger partial charge in [0.15, 0.2) is 5.82 Å². The normalized spacial score (nSPS) is 20.0. The first kappa shape index (κ1) is 14.3. The highest BCUT2D eigenvalue weighted by Crippen LogP contribution is 2.34. The van der Waals surface area contributed by atoms with Crippen LogP contribution in [0.5, 0.6) is 0 Å². The summed E-state index contributed by atoms with van der Waals surface area (Å²) in [7, 11) is 0. The number of aromatic nitrogens is 2. The van der Waals surface area contributed by atoms with Crippen molar-refractivity contribution in [2.24, 2.45) is 11.3 Å². The summed E-state index contributed by atoms with van der Waals surface area (Å²) in [4.78, 5) is 2.36. The average Bonchev–Trinajstić information content (AvgIpc) is 2.86. The van der Waals surface area contributed by atoms with Gasteiger partial charge in [0.05, 0.1) is 5.69 Å². The molecule has 1 fully saturated rings. The van der Waals surface area contributed by atoms with Gasteiger partial charge in [0.2, 0.25) is 0 Å². The summed E-state index contributed by atoms with van der Waals surface area (Å²) in [6.45, 7) is 13.0. The number of hydrogen-bond donors (Lipinski definition) is 1. The van der Waals surface area contributed by atoms with Crippen LogP contribution >= 0.6 is 0 Å². The van der Waals surface area contributed by atoms with Crippen LogP contribution in [0.3, 0.4) is 0 Å². The molecule has 19 heavy (non-hydrogen) atoms. The lowest BCUT2D eigenvalue weighted by Crippen LogP contribution is -2.26. The summed E-state index contributed by atoms with van der Waals surface area (Å²) in [5, 5.41) is 11.9. The van der Waals surface area contributed by atoms with Crippen LogP contribution in [0.1, 0.15) is 39.8 Å². The van der Waals surface area contributed by atoms with E-state index in [1.54, 1.807) is 0 Å². The first-order valence-corrected chi connectivity index (χ1v) is 7.29. The van der Waals surface area contributed by atoms with Crippen molar-refractivity contribution in [3.8, 4) is 0 Å². The molecule has 0 amide bonds. The van der Waals surface area contributed by atoms with Crippen LogP contribution in [0.2, 0.25) is 0 Å². The van der Waals surface area contributed by atoms with E-state index in [0.29, 0.717) is 5.41 Å². The van der Waals surface area contributed by atoms with Crippen LogP contribution in [0.4, 0.5) is 5.82 Å². The molecule has 0 spiro atoms. The monoisotopic (exact) mass is 262 g/mol. The van der Waals surface area contributed by atoms with Gasteiger partial charge in [-0.25, -0.2) is 0 Å². The van der Waals surface area contributed by atoms with Gasteiger partial charge in [-0.3, -0.25) is 0 Å². The fraction of sp³-hybridized carbons (Fsp3) is 0.733. The Morgan fingerprint density at radius 3 is 2.63 bits per heavy atom. The number of hydrogen-bond acceptors (Lipinski definition) is 4. The van der Waals surface area contributed by atoms with Gasteiger partial charge in [-0.15, -0.1) is 5.10 Å². The Labute approximate surface area is 116 Å². The van der Waals surface area contributed by atoms with Gasteiger partial charge in [0, 0.05) is 19.6 Å². The lowest BCUT2D eigenvalue weighted by Gasteiger charge is -2.27. The Morgan fingerprint density at radius 2 is 2.11 bits per heavy atom. The molecule has 1 unspecified atom stereocenters. The molecule has 1 saturated heterocycles. The predicted molar refractivity (Wildman–Crippen MR) is 79.2 cm³/mol.